The molecule has 1 unspecified atom stereocenters. The van der Waals surface area contributed by atoms with Crippen LogP contribution in [0.3, 0.4) is 0 Å². The predicted molar refractivity (Wildman–Crippen MR) is 148 cm³/mol. The van der Waals surface area contributed by atoms with Crippen LogP contribution in [-0.2, 0) is 13.1 Å². The zero-order chi connectivity index (χ0) is 23.8. The van der Waals surface area contributed by atoms with Crippen molar-refractivity contribution >= 4 is 41.6 Å². The maximum atomic E-state index is 12.6. The Morgan fingerprint density at radius 1 is 1.00 bits per heavy atom. The first-order valence-electron chi connectivity index (χ1n) is 12.2. The monoisotopic (exact) mass is 534 g/mol. The Bertz CT molecular complexity index is 1210. The van der Waals surface area contributed by atoms with E-state index in [-0.39, 0.29) is 43.2 Å². The topological polar surface area (TPSA) is 91.8 Å². The normalized spacial score (nSPS) is 17.0. The van der Waals surface area contributed by atoms with E-state index in [0.717, 1.165) is 72.6 Å². The Kier molecular flexibility index (Phi) is 9.44. The molecular weight excluding hydrogens is 499 g/mol. The molecule has 0 radical (unpaired) electrons. The number of β-amino-alcohol motifs (C(OH)–C–C–N with tert-alkyl or cyclic N) is 1. The maximum Gasteiger partial charge on any atom is 0.252 e. The zero-order valence-corrected chi connectivity index (χ0v) is 22.4. The van der Waals surface area contributed by atoms with Gasteiger partial charge in [-0.2, -0.15) is 0 Å². The van der Waals surface area contributed by atoms with Gasteiger partial charge < -0.3 is 20.5 Å². The van der Waals surface area contributed by atoms with Gasteiger partial charge in [0.05, 0.1) is 18.3 Å². The van der Waals surface area contributed by atoms with Gasteiger partial charge in [-0.05, 0) is 46.9 Å². The van der Waals surface area contributed by atoms with Crippen LogP contribution >= 0.6 is 24.8 Å². The number of nitrogens with zero attached hydrogens (tertiary/aromatic N) is 2. The number of H-pyrrole nitrogens is 1. The van der Waals surface area contributed by atoms with E-state index >= 15 is 0 Å². The highest BCUT2D eigenvalue weighted by Gasteiger charge is 2.27. The highest BCUT2D eigenvalue weighted by molar-refractivity contribution is 6.05. The molecule has 5 rings (SSSR count). The lowest BCUT2D eigenvalue weighted by molar-refractivity contribution is 0.0966. The summed E-state index contributed by atoms with van der Waals surface area (Å²) in [6.45, 7) is 10.3. The summed E-state index contributed by atoms with van der Waals surface area (Å²) in [7, 11) is 0. The number of aromatic nitrogens is 1. The van der Waals surface area contributed by atoms with Crippen LogP contribution in [0.2, 0.25) is 0 Å². The van der Waals surface area contributed by atoms with Crippen molar-refractivity contribution < 1.29 is 15.0 Å². The van der Waals surface area contributed by atoms with E-state index in [2.05, 4.69) is 44.4 Å². The molecule has 0 aliphatic carbocycles. The number of rotatable bonds is 7. The number of fused-ring (bicyclic) bond motifs is 2. The molecule has 1 atom stereocenters. The summed E-state index contributed by atoms with van der Waals surface area (Å²) in [6.07, 6.45) is -0.575. The Hall–Kier alpha value is -2.13. The van der Waals surface area contributed by atoms with Crippen LogP contribution in [0.1, 0.15) is 47.0 Å². The maximum absolute atomic E-state index is 12.6. The lowest BCUT2D eigenvalue weighted by Crippen LogP contribution is -2.46. The first-order valence-corrected chi connectivity index (χ1v) is 12.2. The van der Waals surface area contributed by atoms with Crippen molar-refractivity contribution in [2.24, 2.45) is 5.92 Å². The van der Waals surface area contributed by atoms with Gasteiger partial charge in [0.25, 0.3) is 5.91 Å². The molecule has 3 heterocycles. The molecule has 2 aromatic carbocycles. The molecule has 1 amide bonds. The summed E-state index contributed by atoms with van der Waals surface area (Å²) in [5.41, 5.74) is 6.54. The van der Waals surface area contributed by atoms with Crippen LogP contribution in [0.15, 0.2) is 36.4 Å². The van der Waals surface area contributed by atoms with E-state index in [9.17, 15) is 9.90 Å². The molecule has 36 heavy (non-hydrogen) atoms. The van der Waals surface area contributed by atoms with Gasteiger partial charge in [0.15, 0.2) is 0 Å². The van der Waals surface area contributed by atoms with Gasteiger partial charge in [-0.3, -0.25) is 14.6 Å². The predicted octanol–water partition coefficient (Wildman–Crippen LogP) is 3.72. The van der Waals surface area contributed by atoms with Crippen LogP contribution in [0.25, 0.3) is 22.2 Å². The van der Waals surface area contributed by atoms with Gasteiger partial charge in [0.2, 0.25) is 0 Å². The van der Waals surface area contributed by atoms with Crippen molar-refractivity contribution in [3.63, 3.8) is 0 Å². The number of halogens is 2. The molecule has 2 aliphatic rings. The zero-order valence-electron chi connectivity index (χ0n) is 20.8. The number of carbonyl (C=O) groups is 1. The summed E-state index contributed by atoms with van der Waals surface area (Å²) < 4.78 is 0. The fourth-order valence-electron chi connectivity index (χ4n) is 5.16. The molecule has 0 saturated carbocycles. The first-order chi connectivity index (χ1) is 16.4. The average Bonchev–Trinajstić information content (AvgIpc) is 3.42. The minimum Gasteiger partial charge on any atom is -0.395 e. The second-order valence-corrected chi connectivity index (χ2v) is 9.92. The fraction of sp³-hybridized carbons (Fsp3) is 0.444. The smallest absolute Gasteiger partial charge is 0.252 e. The molecule has 1 fully saturated rings. The van der Waals surface area contributed by atoms with Crippen molar-refractivity contribution in [2.75, 3.05) is 39.3 Å². The Balaban J connectivity index is 0.00000180. The SMILES string of the molecule is CC(C)C(O)c1cc2c(c(-c3cc4cc(CN5CCN(CCO)CC5)ccc4[nH]3)c1)C(=O)NC2.Cl.Cl. The average molecular weight is 536 g/mol. The van der Waals surface area contributed by atoms with Gasteiger partial charge in [-0.1, -0.05) is 26.0 Å². The molecule has 9 heteroatoms. The lowest BCUT2D eigenvalue weighted by atomic mass is 9.91. The van der Waals surface area contributed by atoms with Gasteiger partial charge in [0.1, 0.15) is 0 Å². The molecular formula is C27H36Cl2N4O3. The first kappa shape index (κ1) is 28.4. The fourth-order valence-corrected chi connectivity index (χ4v) is 5.16. The number of hydrogen-bond acceptors (Lipinski definition) is 5. The largest absolute Gasteiger partial charge is 0.395 e. The third-order valence-electron chi connectivity index (χ3n) is 7.14. The van der Waals surface area contributed by atoms with Crippen molar-refractivity contribution in [2.45, 2.75) is 33.0 Å². The van der Waals surface area contributed by atoms with Crippen molar-refractivity contribution in [1.82, 2.24) is 20.1 Å². The highest BCUT2D eigenvalue weighted by atomic mass is 35.5. The molecule has 3 aromatic rings. The molecule has 0 spiro atoms. The van der Waals surface area contributed by atoms with Crippen LogP contribution in [0.4, 0.5) is 0 Å². The molecule has 0 bridgehead atoms. The van der Waals surface area contributed by atoms with Crippen molar-refractivity contribution in [3.8, 4) is 11.3 Å². The number of benzene rings is 2. The van der Waals surface area contributed by atoms with Crippen molar-refractivity contribution in [1.29, 1.82) is 0 Å². The number of nitrogens with one attached hydrogen (secondary N) is 2. The van der Waals surface area contributed by atoms with E-state index in [0.29, 0.717) is 12.1 Å². The minimum atomic E-state index is -0.575. The van der Waals surface area contributed by atoms with E-state index in [4.69, 9.17) is 5.11 Å². The van der Waals surface area contributed by atoms with Gasteiger partial charge >= 0.3 is 0 Å². The number of aliphatic hydroxyl groups is 2. The van der Waals surface area contributed by atoms with Crippen LogP contribution in [0.5, 0.6) is 0 Å². The van der Waals surface area contributed by atoms with E-state index in [1.165, 1.54) is 5.56 Å². The van der Waals surface area contributed by atoms with Gasteiger partial charge in [-0.25, -0.2) is 0 Å². The molecule has 2 aliphatic heterocycles. The van der Waals surface area contributed by atoms with Crippen LogP contribution < -0.4 is 5.32 Å². The number of hydrogen-bond donors (Lipinski definition) is 4. The molecule has 1 aromatic heterocycles. The van der Waals surface area contributed by atoms with Crippen molar-refractivity contribution in [3.05, 3.63) is 58.7 Å². The Morgan fingerprint density at radius 3 is 2.42 bits per heavy atom. The Morgan fingerprint density at radius 2 is 1.72 bits per heavy atom. The second kappa shape index (κ2) is 11.9. The summed E-state index contributed by atoms with van der Waals surface area (Å²) in [5, 5.41) is 23.9. The number of piperazine rings is 1. The van der Waals surface area contributed by atoms with E-state index < -0.39 is 6.10 Å². The molecule has 4 N–H and O–H groups in total. The highest BCUT2D eigenvalue weighted by Crippen LogP contribution is 2.35. The van der Waals surface area contributed by atoms with Gasteiger partial charge in [0, 0.05) is 68.0 Å². The third-order valence-corrected chi connectivity index (χ3v) is 7.14. The van der Waals surface area contributed by atoms with E-state index in [1.807, 2.05) is 26.0 Å². The number of amides is 1. The summed E-state index contributed by atoms with van der Waals surface area (Å²) in [6, 6.07) is 12.5. The standard InChI is InChI=1S/C27H34N4O3.2ClH/c1-17(2)26(33)20-12-21-15-28-27(34)25(21)22(13-20)24-14-19-11-18(3-4-23(19)29-24)16-31-7-5-30(6-8-31)9-10-32;;/h3-4,11-14,17,26,29,32-33H,5-10,15-16H2,1-2H3,(H,28,34);2*1H. The van der Waals surface area contributed by atoms with Gasteiger partial charge in [-0.15, -0.1) is 24.8 Å². The summed E-state index contributed by atoms with van der Waals surface area (Å²) in [5.74, 6) is 0.0296. The van der Waals surface area contributed by atoms with Crippen LogP contribution in [0, 0.1) is 5.92 Å². The molecule has 196 valence electrons. The number of carbonyl (C=O) groups excluding carboxylic acids is 1. The summed E-state index contributed by atoms with van der Waals surface area (Å²) >= 11 is 0. The number of aliphatic hydroxyl groups excluding tert-OH is 2. The van der Waals surface area contributed by atoms with Crippen LogP contribution in [-0.4, -0.2) is 70.2 Å². The quantitative estimate of drug-likeness (QED) is 0.370. The Labute approximate surface area is 224 Å². The number of aromatic amines is 1. The second-order valence-electron chi connectivity index (χ2n) is 9.92. The molecule has 1 saturated heterocycles. The molecule has 7 nitrogen and oxygen atoms in total. The lowest BCUT2D eigenvalue weighted by Gasteiger charge is -2.34. The minimum absolute atomic E-state index is 0. The summed E-state index contributed by atoms with van der Waals surface area (Å²) in [4.78, 5) is 20.9. The third kappa shape index (κ3) is 5.72. The van der Waals surface area contributed by atoms with E-state index in [1.54, 1.807) is 0 Å².